The summed E-state index contributed by atoms with van der Waals surface area (Å²) in [7, 11) is 0. The first-order valence-electron chi connectivity index (χ1n) is 12.2. The molecule has 0 N–H and O–H groups in total. The lowest BCUT2D eigenvalue weighted by Crippen LogP contribution is -2.59. The molecule has 2 heterocycles. The van der Waals surface area contributed by atoms with Gasteiger partial charge in [-0.1, -0.05) is 12.1 Å². The first kappa shape index (κ1) is 26.0. The Morgan fingerprint density at radius 1 is 1.11 bits per heavy atom. The van der Waals surface area contributed by atoms with Gasteiger partial charge in [0.1, 0.15) is 11.7 Å². The second-order valence-corrected chi connectivity index (χ2v) is 12.1. The van der Waals surface area contributed by atoms with E-state index >= 15 is 0 Å². The normalized spacial score (nSPS) is 21.3. The lowest BCUT2D eigenvalue weighted by Gasteiger charge is -2.45. The first-order chi connectivity index (χ1) is 16.8. The number of piperazine rings is 1. The molecular weight excluding hydrogens is 520 g/mol. The number of carbonyl (C=O) groups is 2. The van der Waals surface area contributed by atoms with E-state index in [4.69, 9.17) is 4.74 Å². The molecule has 2 aromatic carbocycles. The van der Waals surface area contributed by atoms with Crippen LogP contribution < -0.4 is 9.80 Å². The summed E-state index contributed by atoms with van der Waals surface area (Å²) in [4.78, 5) is 32.1. The van der Waals surface area contributed by atoms with Crippen molar-refractivity contribution in [3.63, 3.8) is 0 Å². The quantitative estimate of drug-likeness (QED) is 0.449. The van der Waals surface area contributed by atoms with E-state index in [9.17, 15) is 14.9 Å². The standard InChI is InChI=1S/C28H33BrN4O3/c1-17-16-32(26(35)36-27(3,4)5)18(2)15-31(17)19-11-12-21-24(13-19)33(25(34)28(21,6)7)23-10-8-9-22(29)20(23)14-30/h8-13,17-18H,15-16H2,1-7H3/t17-,18-/m1/s1. The van der Waals surface area contributed by atoms with Gasteiger partial charge in [0.15, 0.2) is 0 Å². The molecule has 2 aliphatic rings. The maximum Gasteiger partial charge on any atom is 0.410 e. The summed E-state index contributed by atoms with van der Waals surface area (Å²) < 4.78 is 6.27. The molecule has 190 valence electrons. The molecule has 0 radical (unpaired) electrons. The fourth-order valence-corrected chi connectivity index (χ4v) is 5.47. The fraction of sp³-hybridized carbons (Fsp3) is 0.464. The van der Waals surface area contributed by atoms with Gasteiger partial charge in [-0.25, -0.2) is 4.79 Å². The molecule has 2 aliphatic heterocycles. The van der Waals surface area contributed by atoms with Crippen molar-refractivity contribution in [2.45, 2.75) is 71.6 Å². The summed E-state index contributed by atoms with van der Waals surface area (Å²) in [5.41, 5.74) is 2.40. The zero-order valence-corrected chi connectivity index (χ0v) is 23.5. The summed E-state index contributed by atoms with van der Waals surface area (Å²) in [5, 5.41) is 9.82. The van der Waals surface area contributed by atoms with Gasteiger partial charge in [0.2, 0.25) is 5.91 Å². The number of ether oxygens (including phenoxy) is 1. The Balaban J connectivity index is 1.70. The topological polar surface area (TPSA) is 76.9 Å². The number of anilines is 3. The summed E-state index contributed by atoms with van der Waals surface area (Å²) in [6.45, 7) is 14.7. The molecule has 0 unspecified atom stereocenters. The van der Waals surface area contributed by atoms with Gasteiger partial charge in [-0.2, -0.15) is 5.26 Å². The number of halogens is 1. The number of rotatable bonds is 2. The van der Waals surface area contributed by atoms with Crippen molar-refractivity contribution in [3.05, 3.63) is 52.0 Å². The maximum absolute atomic E-state index is 13.6. The molecule has 0 aliphatic carbocycles. The number of hydrogen-bond donors (Lipinski definition) is 0. The van der Waals surface area contributed by atoms with Crippen LogP contribution in [0.2, 0.25) is 0 Å². The number of nitriles is 1. The second kappa shape index (κ2) is 9.11. The molecule has 0 bridgehead atoms. The third-order valence-electron chi connectivity index (χ3n) is 6.92. The van der Waals surface area contributed by atoms with Crippen LogP contribution in [0.4, 0.5) is 21.9 Å². The van der Waals surface area contributed by atoms with Gasteiger partial charge in [-0.15, -0.1) is 0 Å². The highest BCUT2D eigenvalue weighted by Gasteiger charge is 2.46. The molecular formula is C28H33BrN4O3. The van der Waals surface area contributed by atoms with Crippen LogP contribution in [0.25, 0.3) is 0 Å². The average Bonchev–Trinajstić information content (AvgIpc) is 2.98. The third-order valence-corrected chi connectivity index (χ3v) is 7.58. The van der Waals surface area contributed by atoms with E-state index < -0.39 is 11.0 Å². The van der Waals surface area contributed by atoms with Crippen molar-refractivity contribution in [3.8, 4) is 6.07 Å². The highest BCUT2D eigenvalue weighted by Crippen LogP contribution is 2.48. The van der Waals surface area contributed by atoms with E-state index in [0.717, 1.165) is 16.9 Å². The zero-order valence-electron chi connectivity index (χ0n) is 21.9. The second-order valence-electron chi connectivity index (χ2n) is 11.2. The number of nitrogens with zero attached hydrogens (tertiary/aromatic N) is 4. The van der Waals surface area contributed by atoms with Crippen LogP contribution in [0.5, 0.6) is 0 Å². The molecule has 2 aromatic rings. The van der Waals surface area contributed by atoms with E-state index in [2.05, 4.69) is 39.9 Å². The van der Waals surface area contributed by atoms with E-state index in [1.807, 2.05) is 65.8 Å². The van der Waals surface area contributed by atoms with Crippen molar-refractivity contribution in [1.29, 1.82) is 5.26 Å². The van der Waals surface area contributed by atoms with Crippen molar-refractivity contribution in [1.82, 2.24) is 4.90 Å². The number of hydrogen-bond acceptors (Lipinski definition) is 5. The SMILES string of the molecule is C[C@@H]1CN(c2ccc3c(c2)N(c2cccc(Br)c2C#N)C(=O)C3(C)C)[C@H](C)CN1C(=O)OC(C)(C)C. The smallest absolute Gasteiger partial charge is 0.410 e. The van der Waals surface area contributed by atoms with Gasteiger partial charge >= 0.3 is 6.09 Å². The van der Waals surface area contributed by atoms with Gasteiger partial charge in [0.05, 0.1) is 22.4 Å². The Bertz CT molecular complexity index is 1260. The van der Waals surface area contributed by atoms with E-state index in [1.165, 1.54) is 0 Å². The summed E-state index contributed by atoms with van der Waals surface area (Å²) in [6.07, 6.45) is -0.298. The van der Waals surface area contributed by atoms with Crippen molar-refractivity contribution in [2.24, 2.45) is 0 Å². The Hall–Kier alpha value is -3.05. The third kappa shape index (κ3) is 4.45. The minimum atomic E-state index is -0.725. The summed E-state index contributed by atoms with van der Waals surface area (Å²) in [6, 6.07) is 13.8. The Kier molecular flexibility index (Phi) is 6.59. The molecule has 0 spiro atoms. The van der Waals surface area contributed by atoms with Crippen LogP contribution in [-0.4, -0.2) is 47.7 Å². The molecule has 0 aromatic heterocycles. The van der Waals surface area contributed by atoms with E-state index in [-0.39, 0.29) is 24.1 Å². The Morgan fingerprint density at radius 2 is 1.81 bits per heavy atom. The zero-order chi connectivity index (χ0) is 26.6. The monoisotopic (exact) mass is 552 g/mol. The molecule has 8 heteroatoms. The van der Waals surface area contributed by atoms with Gasteiger partial charge in [-0.05, 0) is 94.2 Å². The van der Waals surface area contributed by atoms with Crippen LogP contribution >= 0.6 is 15.9 Å². The lowest BCUT2D eigenvalue weighted by molar-refractivity contribution is -0.121. The van der Waals surface area contributed by atoms with Gasteiger partial charge in [0.25, 0.3) is 0 Å². The minimum absolute atomic E-state index is 0.0471. The summed E-state index contributed by atoms with van der Waals surface area (Å²) >= 11 is 3.46. The molecule has 1 fully saturated rings. The van der Waals surface area contributed by atoms with Crippen molar-refractivity contribution in [2.75, 3.05) is 22.9 Å². The van der Waals surface area contributed by atoms with Crippen LogP contribution in [-0.2, 0) is 14.9 Å². The highest BCUT2D eigenvalue weighted by atomic mass is 79.9. The van der Waals surface area contributed by atoms with Gasteiger partial charge in [-0.3, -0.25) is 9.69 Å². The van der Waals surface area contributed by atoms with Crippen LogP contribution in [0.3, 0.4) is 0 Å². The number of amides is 2. The number of benzene rings is 2. The molecule has 4 rings (SSSR count). The first-order valence-corrected chi connectivity index (χ1v) is 13.0. The largest absolute Gasteiger partial charge is 0.444 e. The molecule has 0 saturated carbocycles. The average molecular weight is 554 g/mol. The molecule has 36 heavy (non-hydrogen) atoms. The predicted molar refractivity (Wildman–Crippen MR) is 145 cm³/mol. The Labute approximate surface area is 221 Å². The molecule has 2 amide bonds. The van der Waals surface area contributed by atoms with Crippen LogP contribution in [0, 0.1) is 11.3 Å². The van der Waals surface area contributed by atoms with E-state index in [0.29, 0.717) is 28.8 Å². The lowest BCUT2D eigenvalue weighted by atomic mass is 9.86. The number of fused-ring (bicyclic) bond motifs is 1. The molecule has 7 nitrogen and oxygen atoms in total. The van der Waals surface area contributed by atoms with Crippen molar-refractivity contribution < 1.29 is 14.3 Å². The predicted octanol–water partition coefficient (Wildman–Crippen LogP) is 6.11. The maximum atomic E-state index is 13.6. The van der Waals surface area contributed by atoms with Crippen molar-refractivity contribution >= 4 is 45.0 Å². The molecule has 1 saturated heterocycles. The summed E-state index contributed by atoms with van der Waals surface area (Å²) in [5.74, 6) is -0.0691. The molecule has 2 atom stereocenters. The minimum Gasteiger partial charge on any atom is -0.444 e. The fourth-order valence-electron chi connectivity index (χ4n) is 5.03. The highest BCUT2D eigenvalue weighted by molar-refractivity contribution is 9.10. The van der Waals surface area contributed by atoms with Gasteiger partial charge in [0, 0.05) is 35.3 Å². The van der Waals surface area contributed by atoms with E-state index in [1.54, 1.807) is 15.9 Å². The Morgan fingerprint density at radius 3 is 2.44 bits per heavy atom. The van der Waals surface area contributed by atoms with Crippen LogP contribution in [0.15, 0.2) is 40.9 Å². The van der Waals surface area contributed by atoms with Crippen LogP contribution in [0.1, 0.15) is 59.6 Å². The number of carbonyl (C=O) groups excluding carboxylic acids is 2. The van der Waals surface area contributed by atoms with Gasteiger partial charge < -0.3 is 14.5 Å².